The molecule has 0 saturated carbocycles. The fourth-order valence-electron chi connectivity index (χ4n) is 1.99. The first kappa shape index (κ1) is 16.2. The largest absolute Gasteiger partial charge is 0.382 e. The van der Waals surface area contributed by atoms with Crippen LogP contribution in [0, 0.1) is 0 Å². The molecule has 0 unspecified atom stereocenters. The van der Waals surface area contributed by atoms with Crippen LogP contribution < -0.4 is 10.6 Å². The highest BCUT2D eigenvalue weighted by molar-refractivity contribution is 7.91. The molecule has 1 aromatic heterocycles. The Bertz CT molecular complexity index is 732. The highest BCUT2D eigenvalue weighted by atomic mass is 32.2. The SMILES string of the molecule is CCCCN(C)c1ncc(S(=O)(=O)c2ccccc2)c(N)n1. The number of nitrogens with two attached hydrogens (primary N) is 1. The second kappa shape index (κ2) is 6.74. The van der Waals surface area contributed by atoms with E-state index in [1.165, 1.54) is 18.3 Å². The molecule has 7 heteroatoms. The Kier molecular flexibility index (Phi) is 4.97. The molecule has 2 aromatic rings. The van der Waals surface area contributed by atoms with Crippen LogP contribution in [0.25, 0.3) is 0 Å². The average Bonchev–Trinajstić information content (AvgIpc) is 2.53. The summed E-state index contributed by atoms with van der Waals surface area (Å²) in [7, 11) is -1.84. The Hall–Kier alpha value is -2.15. The summed E-state index contributed by atoms with van der Waals surface area (Å²) in [4.78, 5) is 10.2. The molecule has 2 rings (SSSR count). The van der Waals surface area contributed by atoms with E-state index in [-0.39, 0.29) is 15.6 Å². The van der Waals surface area contributed by atoms with Gasteiger partial charge in [-0.3, -0.25) is 0 Å². The van der Waals surface area contributed by atoms with Gasteiger partial charge in [0.2, 0.25) is 15.8 Å². The number of benzene rings is 1. The van der Waals surface area contributed by atoms with Crippen molar-refractivity contribution in [3.05, 3.63) is 36.5 Å². The van der Waals surface area contributed by atoms with Crippen molar-refractivity contribution in [3.63, 3.8) is 0 Å². The fraction of sp³-hybridized carbons (Fsp3) is 0.333. The Balaban J connectivity index is 2.34. The molecule has 1 aromatic carbocycles. The van der Waals surface area contributed by atoms with Crippen molar-refractivity contribution in [3.8, 4) is 0 Å². The van der Waals surface area contributed by atoms with Crippen molar-refractivity contribution < 1.29 is 8.42 Å². The zero-order chi connectivity index (χ0) is 16.2. The van der Waals surface area contributed by atoms with Gasteiger partial charge in [-0.1, -0.05) is 31.5 Å². The van der Waals surface area contributed by atoms with Crippen molar-refractivity contribution in [1.29, 1.82) is 0 Å². The first-order valence-electron chi connectivity index (χ1n) is 7.10. The summed E-state index contributed by atoms with van der Waals surface area (Å²) in [5.41, 5.74) is 5.85. The minimum atomic E-state index is -3.70. The van der Waals surface area contributed by atoms with E-state index in [1.807, 2.05) is 11.9 Å². The summed E-state index contributed by atoms with van der Waals surface area (Å²) >= 11 is 0. The van der Waals surface area contributed by atoms with Gasteiger partial charge in [-0.05, 0) is 18.6 Å². The van der Waals surface area contributed by atoms with E-state index < -0.39 is 9.84 Å². The molecule has 22 heavy (non-hydrogen) atoms. The van der Waals surface area contributed by atoms with Crippen LogP contribution in [0.5, 0.6) is 0 Å². The monoisotopic (exact) mass is 320 g/mol. The smallest absolute Gasteiger partial charge is 0.227 e. The normalized spacial score (nSPS) is 11.4. The molecule has 0 aliphatic heterocycles. The van der Waals surface area contributed by atoms with Gasteiger partial charge in [0.05, 0.1) is 11.1 Å². The molecule has 6 nitrogen and oxygen atoms in total. The lowest BCUT2D eigenvalue weighted by molar-refractivity contribution is 0.595. The van der Waals surface area contributed by atoms with Crippen LogP contribution in [0.2, 0.25) is 0 Å². The molecule has 1 heterocycles. The lowest BCUT2D eigenvalue weighted by Crippen LogP contribution is -2.22. The van der Waals surface area contributed by atoms with Gasteiger partial charge in [0.1, 0.15) is 10.7 Å². The van der Waals surface area contributed by atoms with Gasteiger partial charge in [0.15, 0.2) is 0 Å². The van der Waals surface area contributed by atoms with E-state index in [9.17, 15) is 8.42 Å². The van der Waals surface area contributed by atoms with Crippen molar-refractivity contribution in [2.24, 2.45) is 0 Å². The van der Waals surface area contributed by atoms with Crippen LogP contribution in [0.15, 0.2) is 46.3 Å². The molecular weight excluding hydrogens is 300 g/mol. The van der Waals surface area contributed by atoms with Gasteiger partial charge in [0, 0.05) is 13.6 Å². The maximum Gasteiger partial charge on any atom is 0.227 e. The third kappa shape index (κ3) is 3.36. The fourth-order valence-corrected chi connectivity index (χ4v) is 3.27. The summed E-state index contributed by atoms with van der Waals surface area (Å²) < 4.78 is 25.1. The lowest BCUT2D eigenvalue weighted by atomic mass is 10.3. The molecule has 118 valence electrons. The molecule has 0 fully saturated rings. The summed E-state index contributed by atoms with van der Waals surface area (Å²) in [6, 6.07) is 8.13. The first-order valence-corrected chi connectivity index (χ1v) is 8.59. The van der Waals surface area contributed by atoms with Gasteiger partial charge in [-0.25, -0.2) is 13.4 Å². The molecule has 0 atom stereocenters. The third-order valence-corrected chi connectivity index (χ3v) is 5.09. The Morgan fingerprint density at radius 3 is 2.50 bits per heavy atom. The van der Waals surface area contributed by atoms with Crippen LogP contribution in [-0.4, -0.2) is 32.0 Å². The number of aromatic nitrogens is 2. The molecule has 2 N–H and O–H groups in total. The van der Waals surface area contributed by atoms with Crippen LogP contribution in [0.4, 0.5) is 11.8 Å². The summed E-state index contributed by atoms with van der Waals surface area (Å²) in [5, 5.41) is 0. The van der Waals surface area contributed by atoms with Crippen molar-refractivity contribution in [2.45, 2.75) is 29.6 Å². The highest BCUT2D eigenvalue weighted by Gasteiger charge is 2.22. The number of nitrogen functional groups attached to an aromatic ring is 1. The standard InChI is InChI=1S/C15H20N4O2S/c1-3-4-10-19(2)15-17-11-13(14(16)18-15)22(20,21)12-8-6-5-7-9-12/h5-9,11H,3-4,10H2,1-2H3,(H2,16,17,18). The van der Waals surface area contributed by atoms with Crippen LogP contribution in [0.3, 0.4) is 0 Å². The molecule has 0 radical (unpaired) electrons. The second-order valence-electron chi connectivity index (χ2n) is 5.01. The van der Waals surface area contributed by atoms with Gasteiger partial charge in [-0.15, -0.1) is 0 Å². The minimum Gasteiger partial charge on any atom is -0.382 e. The highest BCUT2D eigenvalue weighted by Crippen LogP contribution is 2.25. The summed E-state index contributed by atoms with van der Waals surface area (Å²) in [6.07, 6.45) is 3.34. The van der Waals surface area contributed by atoms with Gasteiger partial charge >= 0.3 is 0 Å². The molecule has 0 spiro atoms. The molecular formula is C15H20N4O2S. The van der Waals surface area contributed by atoms with Gasteiger partial charge < -0.3 is 10.6 Å². The number of anilines is 2. The minimum absolute atomic E-state index is 0.0304. The van der Waals surface area contributed by atoms with Gasteiger partial charge in [-0.2, -0.15) is 4.98 Å². The number of rotatable bonds is 6. The van der Waals surface area contributed by atoms with E-state index in [1.54, 1.807) is 18.2 Å². The van der Waals surface area contributed by atoms with Crippen molar-refractivity contribution in [1.82, 2.24) is 9.97 Å². The number of sulfone groups is 1. The third-order valence-electron chi connectivity index (χ3n) is 3.30. The quantitative estimate of drug-likeness (QED) is 0.877. The van der Waals surface area contributed by atoms with Crippen LogP contribution >= 0.6 is 0 Å². The van der Waals surface area contributed by atoms with E-state index in [4.69, 9.17) is 5.73 Å². The first-order chi connectivity index (χ1) is 10.5. The summed E-state index contributed by atoms with van der Waals surface area (Å²) in [6.45, 7) is 2.89. The van der Waals surface area contributed by atoms with Crippen molar-refractivity contribution >= 4 is 21.6 Å². The van der Waals surface area contributed by atoms with E-state index in [2.05, 4.69) is 16.9 Å². The Morgan fingerprint density at radius 2 is 1.91 bits per heavy atom. The van der Waals surface area contributed by atoms with E-state index in [0.29, 0.717) is 5.95 Å². The Labute approximate surface area is 130 Å². The number of hydrogen-bond acceptors (Lipinski definition) is 6. The molecule has 0 saturated heterocycles. The molecule has 0 aliphatic rings. The zero-order valence-electron chi connectivity index (χ0n) is 12.7. The van der Waals surface area contributed by atoms with Crippen LogP contribution in [-0.2, 0) is 9.84 Å². The maximum absolute atomic E-state index is 12.5. The lowest BCUT2D eigenvalue weighted by Gasteiger charge is -2.17. The number of hydrogen-bond donors (Lipinski definition) is 1. The average molecular weight is 320 g/mol. The number of unbranched alkanes of at least 4 members (excludes halogenated alkanes) is 1. The predicted molar refractivity (Wildman–Crippen MR) is 86.5 cm³/mol. The summed E-state index contributed by atoms with van der Waals surface area (Å²) in [5.74, 6) is 0.398. The zero-order valence-corrected chi connectivity index (χ0v) is 13.5. The molecule has 0 aliphatic carbocycles. The molecule has 0 amide bonds. The van der Waals surface area contributed by atoms with Crippen LogP contribution in [0.1, 0.15) is 19.8 Å². The van der Waals surface area contributed by atoms with Gasteiger partial charge in [0.25, 0.3) is 0 Å². The predicted octanol–water partition coefficient (Wildman–Crippen LogP) is 2.13. The topological polar surface area (TPSA) is 89.2 Å². The second-order valence-corrected chi connectivity index (χ2v) is 6.93. The maximum atomic E-state index is 12.5. The molecule has 0 bridgehead atoms. The van der Waals surface area contributed by atoms with Crippen molar-refractivity contribution in [2.75, 3.05) is 24.2 Å². The van der Waals surface area contributed by atoms with E-state index in [0.717, 1.165) is 19.4 Å². The Morgan fingerprint density at radius 1 is 1.23 bits per heavy atom. The number of nitrogens with zero attached hydrogens (tertiary/aromatic N) is 3. The van der Waals surface area contributed by atoms with E-state index >= 15 is 0 Å².